The van der Waals surface area contributed by atoms with E-state index in [0.29, 0.717) is 17.0 Å². The minimum Gasteiger partial charge on any atom is -0.481 e. The molecular formula is C25H28N4O3. The number of carboxylic acids is 1. The van der Waals surface area contributed by atoms with Gasteiger partial charge in [-0.2, -0.15) is 0 Å². The summed E-state index contributed by atoms with van der Waals surface area (Å²) in [5.41, 5.74) is 8.87. The van der Waals surface area contributed by atoms with Crippen LogP contribution >= 0.6 is 0 Å². The van der Waals surface area contributed by atoms with E-state index < -0.39 is 5.97 Å². The van der Waals surface area contributed by atoms with Gasteiger partial charge in [-0.05, 0) is 54.5 Å². The molecule has 1 aliphatic rings. The van der Waals surface area contributed by atoms with Crippen LogP contribution in [0.15, 0.2) is 54.7 Å². The van der Waals surface area contributed by atoms with Gasteiger partial charge < -0.3 is 20.3 Å². The molecule has 1 amide bonds. The number of fused-ring (bicyclic) bond motifs is 1. The van der Waals surface area contributed by atoms with Crippen LogP contribution in [-0.4, -0.2) is 45.4 Å². The van der Waals surface area contributed by atoms with Crippen LogP contribution in [0.25, 0.3) is 10.9 Å². The van der Waals surface area contributed by atoms with E-state index in [9.17, 15) is 14.7 Å². The minimum absolute atomic E-state index is 0.0394. The first-order valence-electron chi connectivity index (χ1n) is 10.9. The molecule has 7 nitrogen and oxygen atoms in total. The number of likely N-dealkylation sites (tertiary alicyclic amines) is 1. The minimum atomic E-state index is -0.941. The van der Waals surface area contributed by atoms with E-state index in [1.807, 2.05) is 15.5 Å². The number of carbonyl (C=O) groups excluding carboxylic acids is 1. The molecule has 1 aromatic heterocycles. The van der Waals surface area contributed by atoms with Crippen LogP contribution in [0.4, 0.5) is 0 Å². The van der Waals surface area contributed by atoms with E-state index in [2.05, 4.69) is 24.3 Å². The van der Waals surface area contributed by atoms with Crippen molar-refractivity contribution >= 4 is 28.6 Å². The largest absolute Gasteiger partial charge is 0.481 e. The lowest BCUT2D eigenvalue weighted by atomic mass is 9.90. The molecule has 0 bridgehead atoms. The molecule has 166 valence electrons. The van der Waals surface area contributed by atoms with Gasteiger partial charge in [0.25, 0.3) is 0 Å². The molecule has 1 saturated heterocycles. The van der Waals surface area contributed by atoms with Crippen molar-refractivity contribution < 1.29 is 14.7 Å². The van der Waals surface area contributed by atoms with Gasteiger partial charge in [-0.1, -0.05) is 30.3 Å². The fraction of sp³-hybridized carbons (Fsp3) is 0.320. The molecule has 32 heavy (non-hydrogen) atoms. The molecule has 4 N–H and O–H groups in total. The van der Waals surface area contributed by atoms with E-state index in [1.54, 1.807) is 24.4 Å². The maximum absolute atomic E-state index is 13.0. The Balaban J connectivity index is 1.45. The molecule has 0 spiro atoms. The highest BCUT2D eigenvalue weighted by atomic mass is 16.4. The number of nitrogen functional groups attached to an aromatic ring is 1. The van der Waals surface area contributed by atoms with E-state index in [0.717, 1.165) is 43.3 Å². The molecule has 1 aliphatic heterocycles. The maximum Gasteiger partial charge on any atom is 0.307 e. The third-order valence-corrected chi connectivity index (χ3v) is 6.26. The number of nitrogens with one attached hydrogen (secondary N) is 1. The Hall–Kier alpha value is -3.61. The summed E-state index contributed by atoms with van der Waals surface area (Å²) in [6, 6.07) is 15.7. The first-order valence-corrected chi connectivity index (χ1v) is 10.9. The van der Waals surface area contributed by atoms with Crippen molar-refractivity contribution in [3.05, 3.63) is 71.4 Å². The first-order chi connectivity index (χ1) is 15.4. The summed E-state index contributed by atoms with van der Waals surface area (Å²) in [4.78, 5) is 26.2. The zero-order chi connectivity index (χ0) is 22.7. The van der Waals surface area contributed by atoms with Gasteiger partial charge in [-0.15, -0.1) is 0 Å². The summed E-state index contributed by atoms with van der Waals surface area (Å²) in [7, 11) is 0. The van der Waals surface area contributed by atoms with Gasteiger partial charge in [0.1, 0.15) is 12.4 Å². The van der Waals surface area contributed by atoms with Crippen LogP contribution in [-0.2, 0) is 29.0 Å². The number of aliphatic carboxylic acids is 1. The molecule has 0 saturated carbocycles. The normalized spacial score (nSPS) is 14.6. The Kier molecular flexibility index (Phi) is 6.25. The fourth-order valence-electron chi connectivity index (χ4n) is 4.55. The van der Waals surface area contributed by atoms with E-state index in [1.165, 1.54) is 5.56 Å². The number of aromatic nitrogens is 1. The number of carboxylic acid groups (broad SMARTS) is 1. The number of piperidine rings is 1. The van der Waals surface area contributed by atoms with Crippen molar-refractivity contribution in [2.45, 2.75) is 32.2 Å². The van der Waals surface area contributed by atoms with Gasteiger partial charge in [0, 0.05) is 35.8 Å². The van der Waals surface area contributed by atoms with Crippen molar-refractivity contribution in [1.82, 2.24) is 9.47 Å². The lowest BCUT2D eigenvalue weighted by Gasteiger charge is -2.32. The molecule has 2 aromatic carbocycles. The molecule has 1 fully saturated rings. The molecule has 4 rings (SSSR count). The van der Waals surface area contributed by atoms with E-state index in [4.69, 9.17) is 11.1 Å². The molecule has 0 aliphatic carbocycles. The second-order valence-electron chi connectivity index (χ2n) is 8.51. The van der Waals surface area contributed by atoms with Crippen molar-refractivity contribution in [1.29, 1.82) is 5.41 Å². The summed E-state index contributed by atoms with van der Waals surface area (Å²) in [6.07, 6.45) is 4.60. The number of amides is 1. The zero-order valence-corrected chi connectivity index (χ0v) is 18.0. The van der Waals surface area contributed by atoms with Crippen molar-refractivity contribution in [2.24, 2.45) is 11.7 Å². The average molecular weight is 433 g/mol. The first kappa shape index (κ1) is 21.6. The van der Waals surface area contributed by atoms with E-state index >= 15 is 0 Å². The number of hydrogen-bond acceptors (Lipinski definition) is 3. The van der Waals surface area contributed by atoms with Crippen LogP contribution in [0, 0.1) is 11.3 Å². The third kappa shape index (κ3) is 4.82. The monoisotopic (exact) mass is 432 g/mol. The Morgan fingerprint density at radius 3 is 2.47 bits per heavy atom. The van der Waals surface area contributed by atoms with Crippen LogP contribution in [0.1, 0.15) is 29.5 Å². The Bertz CT molecular complexity index is 1140. The van der Waals surface area contributed by atoms with Crippen LogP contribution in [0.5, 0.6) is 0 Å². The quantitative estimate of drug-likeness (QED) is 0.393. The molecule has 2 heterocycles. The van der Waals surface area contributed by atoms with Crippen LogP contribution in [0.2, 0.25) is 0 Å². The van der Waals surface area contributed by atoms with E-state index in [-0.39, 0.29) is 24.7 Å². The molecule has 7 heteroatoms. The fourth-order valence-corrected chi connectivity index (χ4v) is 4.55. The van der Waals surface area contributed by atoms with Crippen molar-refractivity contribution in [2.75, 3.05) is 13.1 Å². The predicted octanol–water partition coefficient (Wildman–Crippen LogP) is 3.03. The third-order valence-electron chi connectivity index (χ3n) is 6.26. The van der Waals surface area contributed by atoms with Crippen LogP contribution < -0.4 is 5.73 Å². The molecular weight excluding hydrogens is 404 g/mol. The Morgan fingerprint density at radius 1 is 1.09 bits per heavy atom. The molecule has 0 unspecified atom stereocenters. The predicted molar refractivity (Wildman–Crippen MR) is 124 cm³/mol. The summed E-state index contributed by atoms with van der Waals surface area (Å²) in [5, 5.41) is 17.7. The number of rotatable bonds is 7. The van der Waals surface area contributed by atoms with Crippen molar-refractivity contribution in [3.63, 3.8) is 0 Å². The SMILES string of the molecule is N=C(N)c1ccc2c(c1)c(CC(=O)O)cn2CC(=O)N1CCC(Cc2ccccc2)CC1. The smallest absolute Gasteiger partial charge is 0.307 e. The molecule has 0 atom stereocenters. The van der Waals surface area contributed by atoms with Gasteiger partial charge in [-0.25, -0.2) is 0 Å². The number of nitrogens with zero attached hydrogens (tertiary/aromatic N) is 2. The summed E-state index contributed by atoms with van der Waals surface area (Å²) >= 11 is 0. The number of amidine groups is 1. The van der Waals surface area contributed by atoms with Crippen LogP contribution in [0.3, 0.4) is 0 Å². The maximum atomic E-state index is 13.0. The van der Waals surface area contributed by atoms with Crippen molar-refractivity contribution in [3.8, 4) is 0 Å². The highest BCUT2D eigenvalue weighted by Crippen LogP contribution is 2.25. The van der Waals surface area contributed by atoms with Gasteiger partial charge >= 0.3 is 5.97 Å². The van der Waals surface area contributed by atoms with Gasteiger partial charge in [0.2, 0.25) is 5.91 Å². The average Bonchev–Trinajstić information content (AvgIpc) is 3.10. The summed E-state index contributed by atoms with van der Waals surface area (Å²) in [6.45, 7) is 1.65. The summed E-state index contributed by atoms with van der Waals surface area (Å²) in [5.74, 6) is -0.391. The second kappa shape index (κ2) is 9.26. The number of benzene rings is 2. The number of carbonyl (C=O) groups is 2. The summed E-state index contributed by atoms with van der Waals surface area (Å²) < 4.78 is 1.82. The lowest BCUT2D eigenvalue weighted by Crippen LogP contribution is -2.40. The Labute approximate surface area is 187 Å². The molecule has 0 radical (unpaired) electrons. The van der Waals surface area contributed by atoms with Gasteiger partial charge in [0.15, 0.2) is 0 Å². The van der Waals surface area contributed by atoms with Gasteiger partial charge in [0.05, 0.1) is 6.42 Å². The number of nitrogens with two attached hydrogens (primary N) is 1. The topological polar surface area (TPSA) is 112 Å². The highest BCUT2D eigenvalue weighted by molar-refractivity contribution is 6.00. The zero-order valence-electron chi connectivity index (χ0n) is 18.0. The second-order valence-corrected chi connectivity index (χ2v) is 8.51. The lowest BCUT2D eigenvalue weighted by molar-refractivity contribution is -0.136. The molecule has 3 aromatic rings. The highest BCUT2D eigenvalue weighted by Gasteiger charge is 2.24. The standard InChI is InChI=1S/C25H28N4O3/c26-25(27)19-6-7-22-21(13-19)20(14-24(31)32)15-29(22)16-23(30)28-10-8-18(9-11-28)12-17-4-2-1-3-5-17/h1-7,13,15,18H,8-12,14,16H2,(H3,26,27)(H,31,32). The van der Waals surface area contributed by atoms with Gasteiger partial charge in [-0.3, -0.25) is 15.0 Å². The number of hydrogen-bond donors (Lipinski definition) is 3. The Morgan fingerprint density at radius 2 is 1.81 bits per heavy atom.